The number of fused-ring (bicyclic) bond motifs is 1. The van der Waals surface area contributed by atoms with E-state index in [1.54, 1.807) is 6.07 Å². The molecule has 7 heteroatoms. The van der Waals surface area contributed by atoms with Gasteiger partial charge in [0.15, 0.2) is 5.82 Å². The van der Waals surface area contributed by atoms with Crippen LogP contribution >= 0.6 is 0 Å². The molecule has 2 aliphatic heterocycles. The fourth-order valence-electron chi connectivity index (χ4n) is 4.57. The predicted molar refractivity (Wildman–Crippen MR) is 115 cm³/mol. The van der Waals surface area contributed by atoms with Gasteiger partial charge in [0.25, 0.3) is 0 Å². The largest absolute Gasteiger partial charge is 0.373 e. The Labute approximate surface area is 177 Å². The van der Waals surface area contributed by atoms with Gasteiger partial charge in [0.05, 0.1) is 17.2 Å². The van der Waals surface area contributed by atoms with Crippen molar-refractivity contribution in [3.63, 3.8) is 0 Å². The molecule has 1 aromatic heterocycles. The zero-order valence-electron chi connectivity index (χ0n) is 18.2. The van der Waals surface area contributed by atoms with Gasteiger partial charge in [-0.25, -0.2) is 14.4 Å². The molecule has 1 amide bonds. The second-order valence-corrected chi connectivity index (χ2v) is 8.89. The minimum atomic E-state index is -0.828. The molecule has 1 fully saturated rings. The number of benzene rings is 1. The lowest BCUT2D eigenvalue weighted by Gasteiger charge is -2.34. The third-order valence-electron chi connectivity index (χ3n) is 6.40. The van der Waals surface area contributed by atoms with Crippen molar-refractivity contribution in [1.82, 2.24) is 19.8 Å². The lowest BCUT2D eigenvalue weighted by atomic mass is 9.83. The fraction of sp³-hybridized carbons (Fsp3) is 0.522. The van der Waals surface area contributed by atoms with Gasteiger partial charge < -0.3 is 15.1 Å². The molecular formula is C23H30FN5O. The number of rotatable bonds is 4. The lowest BCUT2D eigenvalue weighted by molar-refractivity contribution is -0.137. The lowest BCUT2D eigenvalue weighted by Crippen LogP contribution is -2.43. The summed E-state index contributed by atoms with van der Waals surface area (Å²) in [5.74, 6) is 1.23. The second-order valence-electron chi connectivity index (χ2n) is 8.89. The Kier molecular flexibility index (Phi) is 5.49. The quantitative estimate of drug-likeness (QED) is 0.837. The third kappa shape index (κ3) is 3.67. The van der Waals surface area contributed by atoms with Gasteiger partial charge in [-0.2, -0.15) is 0 Å². The van der Waals surface area contributed by atoms with Gasteiger partial charge in [0.1, 0.15) is 11.6 Å². The maximum atomic E-state index is 13.8. The van der Waals surface area contributed by atoms with E-state index in [-0.39, 0.29) is 17.8 Å². The zero-order valence-corrected chi connectivity index (χ0v) is 18.2. The van der Waals surface area contributed by atoms with Crippen LogP contribution in [-0.2, 0) is 23.2 Å². The number of aromatic nitrogens is 2. The van der Waals surface area contributed by atoms with Crippen LogP contribution in [0.25, 0.3) is 0 Å². The van der Waals surface area contributed by atoms with Gasteiger partial charge in [-0.1, -0.05) is 12.1 Å². The number of hydrogen-bond donors (Lipinski definition) is 1. The monoisotopic (exact) mass is 411 g/mol. The predicted octanol–water partition coefficient (Wildman–Crippen LogP) is 3.29. The van der Waals surface area contributed by atoms with Crippen molar-refractivity contribution in [2.45, 2.75) is 51.1 Å². The summed E-state index contributed by atoms with van der Waals surface area (Å²) >= 11 is 0. The Bertz CT molecular complexity index is 961. The van der Waals surface area contributed by atoms with E-state index in [0.29, 0.717) is 17.9 Å². The molecule has 1 N–H and O–H groups in total. The maximum Gasteiger partial charge on any atom is 0.233 e. The Morgan fingerprint density at radius 1 is 1.27 bits per heavy atom. The van der Waals surface area contributed by atoms with Crippen molar-refractivity contribution in [1.29, 1.82) is 0 Å². The number of likely N-dealkylation sites (tertiary alicyclic amines) is 1. The van der Waals surface area contributed by atoms with Crippen LogP contribution in [0.1, 0.15) is 55.4 Å². The number of carbonyl (C=O) groups is 1. The first kappa shape index (κ1) is 20.7. The van der Waals surface area contributed by atoms with Crippen molar-refractivity contribution in [2.24, 2.45) is 0 Å². The summed E-state index contributed by atoms with van der Waals surface area (Å²) in [5.41, 5.74) is 2.07. The molecule has 0 aliphatic carbocycles. The minimum absolute atomic E-state index is 0.0138. The van der Waals surface area contributed by atoms with Crippen molar-refractivity contribution < 1.29 is 9.18 Å². The molecule has 0 saturated carbocycles. The summed E-state index contributed by atoms with van der Waals surface area (Å²) in [6.07, 6.45) is 2.66. The van der Waals surface area contributed by atoms with E-state index in [1.807, 2.05) is 31.9 Å². The SMILES string of the molecule is CNc1nc(C2CCCN2C(=O)C(C)(C)c2cccc(F)c2)nc2c1CCN(C)C2. The summed E-state index contributed by atoms with van der Waals surface area (Å²) in [7, 11) is 3.98. The highest BCUT2D eigenvalue weighted by atomic mass is 19.1. The highest BCUT2D eigenvalue weighted by Crippen LogP contribution is 2.37. The maximum absolute atomic E-state index is 13.8. The normalized spacial score (nSPS) is 19.6. The fourth-order valence-corrected chi connectivity index (χ4v) is 4.57. The van der Waals surface area contributed by atoms with Crippen molar-refractivity contribution in [2.75, 3.05) is 32.5 Å². The second kappa shape index (κ2) is 7.95. The molecule has 0 spiro atoms. The average molecular weight is 412 g/mol. The van der Waals surface area contributed by atoms with E-state index in [1.165, 1.54) is 17.7 Å². The molecule has 160 valence electrons. The zero-order chi connectivity index (χ0) is 21.5. The van der Waals surface area contributed by atoms with Crippen LogP contribution in [0.2, 0.25) is 0 Å². The minimum Gasteiger partial charge on any atom is -0.373 e. The van der Waals surface area contributed by atoms with Crippen LogP contribution in [0.15, 0.2) is 24.3 Å². The van der Waals surface area contributed by atoms with Gasteiger partial charge >= 0.3 is 0 Å². The first-order chi connectivity index (χ1) is 14.3. The first-order valence-corrected chi connectivity index (χ1v) is 10.6. The summed E-state index contributed by atoms with van der Waals surface area (Å²) in [6.45, 7) is 6.16. The molecule has 1 atom stereocenters. The highest BCUT2D eigenvalue weighted by Gasteiger charge is 2.41. The highest BCUT2D eigenvalue weighted by molar-refractivity contribution is 5.88. The smallest absolute Gasteiger partial charge is 0.233 e. The molecule has 1 aromatic carbocycles. The topological polar surface area (TPSA) is 61.4 Å². The molecule has 0 radical (unpaired) electrons. The summed E-state index contributed by atoms with van der Waals surface area (Å²) in [4.78, 5) is 27.5. The first-order valence-electron chi connectivity index (χ1n) is 10.6. The van der Waals surface area contributed by atoms with E-state index in [9.17, 15) is 9.18 Å². The van der Waals surface area contributed by atoms with Gasteiger partial charge in [0, 0.05) is 32.2 Å². The Hall–Kier alpha value is -2.54. The van der Waals surface area contributed by atoms with Gasteiger partial charge in [-0.05, 0) is 57.9 Å². The molecule has 1 saturated heterocycles. The number of carbonyl (C=O) groups excluding carboxylic acids is 1. The molecule has 30 heavy (non-hydrogen) atoms. The van der Waals surface area contributed by atoms with Crippen LogP contribution in [0.5, 0.6) is 0 Å². The molecule has 2 aliphatic rings. The molecule has 3 heterocycles. The standard InChI is InChI=1S/C23H30FN5O/c1-23(2,15-7-5-8-16(24)13-15)22(30)29-11-6-9-19(29)21-26-18-14-28(4)12-10-17(18)20(25-3)27-21/h5,7-8,13,19H,6,9-12,14H2,1-4H3,(H,25,26,27). The number of likely N-dealkylation sites (N-methyl/N-ethyl adjacent to an activating group) is 1. The van der Waals surface area contributed by atoms with E-state index in [2.05, 4.69) is 17.3 Å². The number of anilines is 1. The van der Waals surface area contributed by atoms with Gasteiger partial charge in [-0.3, -0.25) is 4.79 Å². The number of hydrogen-bond acceptors (Lipinski definition) is 5. The van der Waals surface area contributed by atoms with Crippen LogP contribution < -0.4 is 5.32 Å². The van der Waals surface area contributed by atoms with E-state index in [0.717, 1.165) is 43.9 Å². The molecule has 4 rings (SSSR count). The van der Waals surface area contributed by atoms with Crippen molar-refractivity contribution >= 4 is 11.7 Å². The number of amides is 1. The molecule has 6 nitrogen and oxygen atoms in total. The summed E-state index contributed by atoms with van der Waals surface area (Å²) in [6, 6.07) is 6.17. The van der Waals surface area contributed by atoms with E-state index < -0.39 is 5.41 Å². The van der Waals surface area contributed by atoms with Crippen molar-refractivity contribution in [3.05, 3.63) is 52.7 Å². The summed E-state index contributed by atoms with van der Waals surface area (Å²) < 4.78 is 13.8. The summed E-state index contributed by atoms with van der Waals surface area (Å²) in [5, 5.41) is 3.23. The third-order valence-corrected chi connectivity index (χ3v) is 6.40. The van der Waals surface area contributed by atoms with Crippen LogP contribution in [0.4, 0.5) is 10.2 Å². The number of nitrogens with one attached hydrogen (secondary N) is 1. The van der Waals surface area contributed by atoms with Gasteiger partial charge in [0.2, 0.25) is 5.91 Å². The molecular weight excluding hydrogens is 381 g/mol. The number of halogens is 1. The number of nitrogens with zero attached hydrogens (tertiary/aromatic N) is 4. The van der Waals surface area contributed by atoms with Crippen LogP contribution in [-0.4, -0.2) is 52.9 Å². The Morgan fingerprint density at radius 3 is 2.80 bits per heavy atom. The van der Waals surface area contributed by atoms with Crippen LogP contribution in [0.3, 0.4) is 0 Å². The van der Waals surface area contributed by atoms with Crippen molar-refractivity contribution in [3.8, 4) is 0 Å². The Balaban J connectivity index is 1.67. The average Bonchev–Trinajstić information content (AvgIpc) is 3.21. The van der Waals surface area contributed by atoms with E-state index in [4.69, 9.17) is 9.97 Å². The molecule has 0 bridgehead atoms. The van der Waals surface area contributed by atoms with Crippen LogP contribution in [0, 0.1) is 5.82 Å². The van der Waals surface area contributed by atoms with E-state index >= 15 is 0 Å². The molecule has 1 unspecified atom stereocenters. The Morgan fingerprint density at radius 2 is 2.07 bits per heavy atom. The molecule has 2 aromatic rings. The van der Waals surface area contributed by atoms with Gasteiger partial charge in [-0.15, -0.1) is 0 Å².